The van der Waals surface area contributed by atoms with Gasteiger partial charge in [0, 0.05) is 18.0 Å². The lowest BCUT2D eigenvalue weighted by atomic mass is 9.77. The number of nitrogens with one attached hydrogen (secondary N) is 1. The van der Waals surface area contributed by atoms with Gasteiger partial charge in [-0.15, -0.1) is 0 Å². The van der Waals surface area contributed by atoms with Gasteiger partial charge in [-0.25, -0.2) is 0 Å². The van der Waals surface area contributed by atoms with Crippen molar-refractivity contribution in [1.29, 1.82) is 0 Å². The molecule has 3 rings (SSSR count). The summed E-state index contributed by atoms with van der Waals surface area (Å²) in [4.78, 5) is 0. The third kappa shape index (κ3) is 3.26. The number of aryl methyl sites for hydroxylation is 1. The molecular weight excluding hydrogens is 258 g/mol. The standard InChI is InChI=1S/C19H29NO/c1-3-4-12-20-17-14-19(10-6-5-7-11-19)21-18-9-8-15(2)13-16(17)18/h8-9,13,17,20H,3-7,10-12,14H2,1-2H3. The van der Waals surface area contributed by atoms with Crippen molar-refractivity contribution in [3.8, 4) is 5.75 Å². The number of rotatable bonds is 4. The van der Waals surface area contributed by atoms with E-state index in [9.17, 15) is 0 Å². The van der Waals surface area contributed by atoms with Crippen LogP contribution in [0.3, 0.4) is 0 Å². The number of hydrogen-bond acceptors (Lipinski definition) is 2. The SMILES string of the molecule is CCCCNC1CC2(CCCCC2)Oc2ccc(C)cc21. The molecule has 2 nitrogen and oxygen atoms in total. The van der Waals surface area contributed by atoms with E-state index < -0.39 is 0 Å². The first-order valence-corrected chi connectivity index (χ1v) is 8.75. The minimum atomic E-state index is 0.102. The number of ether oxygens (including phenoxy) is 1. The molecule has 2 aliphatic rings. The van der Waals surface area contributed by atoms with Gasteiger partial charge in [0.15, 0.2) is 0 Å². The van der Waals surface area contributed by atoms with Gasteiger partial charge in [-0.1, -0.05) is 37.5 Å². The van der Waals surface area contributed by atoms with Gasteiger partial charge in [-0.05, 0) is 51.6 Å². The summed E-state index contributed by atoms with van der Waals surface area (Å²) in [6.07, 6.45) is 10.1. The van der Waals surface area contributed by atoms with Gasteiger partial charge in [0.05, 0.1) is 0 Å². The van der Waals surface area contributed by atoms with Crippen LogP contribution in [0.1, 0.15) is 75.5 Å². The Labute approximate surface area is 129 Å². The fraction of sp³-hybridized carbons (Fsp3) is 0.684. The fourth-order valence-corrected chi connectivity index (χ4v) is 3.93. The van der Waals surface area contributed by atoms with Gasteiger partial charge in [-0.3, -0.25) is 0 Å². The van der Waals surface area contributed by atoms with Gasteiger partial charge >= 0.3 is 0 Å². The second-order valence-corrected chi connectivity index (χ2v) is 6.95. The maximum Gasteiger partial charge on any atom is 0.124 e. The minimum Gasteiger partial charge on any atom is -0.487 e. The van der Waals surface area contributed by atoms with Crippen LogP contribution >= 0.6 is 0 Å². The quantitative estimate of drug-likeness (QED) is 0.794. The summed E-state index contributed by atoms with van der Waals surface area (Å²) in [5.41, 5.74) is 2.81. The van der Waals surface area contributed by atoms with Crippen molar-refractivity contribution in [1.82, 2.24) is 5.32 Å². The average molecular weight is 287 g/mol. The average Bonchev–Trinajstić information content (AvgIpc) is 2.49. The molecule has 1 aromatic carbocycles. The molecule has 1 aromatic rings. The van der Waals surface area contributed by atoms with Crippen LogP contribution in [0, 0.1) is 6.92 Å². The normalized spacial score (nSPS) is 23.6. The summed E-state index contributed by atoms with van der Waals surface area (Å²) in [5.74, 6) is 1.13. The third-order valence-electron chi connectivity index (χ3n) is 5.13. The predicted molar refractivity (Wildman–Crippen MR) is 87.9 cm³/mol. The molecule has 1 fully saturated rings. The van der Waals surface area contributed by atoms with E-state index in [-0.39, 0.29) is 5.60 Å². The van der Waals surface area contributed by atoms with Crippen LogP contribution in [-0.2, 0) is 0 Å². The maximum absolute atomic E-state index is 6.51. The van der Waals surface area contributed by atoms with E-state index in [1.807, 2.05) is 0 Å². The third-order valence-corrected chi connectivity index (χ3v) is 5.13. The highest BCUT2D eigenvalue weighted by atomic mass is 16.5. The molecule has 0 saturated heterocycles. The summed E-state index contributed by atoms with van der Waals surface area (Å²) >= 11 is 0. The van der Waals surface area contributed by atoms with Crippen LogP contribution < -0.4 is 10.1 Å². The number of benzene rings is 1. The van der Waals surface area contributed by atoms with Gasteiger partial charge in [0.1, 0.15) is 11.4 Å². The Hall–Kier alpha value is -1.02. The Morgan fingerprint density at radius 3 is 2.81 bits per heavy atom. The molecule has 2 heteroatoms. The van der Waals surface area contributed by atoms with Crippen LogP contribution in [0.5, 0.6) is 5.75 Å². The van der Waals surface area contributed by atoms with Crippen LogP contribution in [0.15, 0.2) is 18.2 Å². The molecule has 21 heavy (non-hydrogen) atoms. The molecule has 0 aromatic heterocycles. The topological polar surface area (TPSA) is 21.3 Å². The lowest BCUT2D eigenvalue weighted by Gasteiger charge is -2.45. The molecule has 1 spiro atoms. The van der Waals surface area contributed by atoms with Crippen molar-refractivity contribution >= 4 is 0 Å². The van der Waals surface area contributed by atoms with E-state index in [1.165, 1.54) is 56.1 Å². The smallest absolute Gasteiger partial charge is 0.124 e. The number of unbranched alkanes of at least 4 members (excludes halogenated alkanes) is 1. The molecular formula is C19H29NO. The van der Waals surface area contributed by atoms with E-state index in [2.05, 4.69) is 37.4 Å². The molecule has 0 radical (unpaired) electrons. The summed E-state index contributed by atoms with van der Waals surface area (Å²) in [6.45, 7) is 5.55. The van der Waals surface area contributed by atoms with E-state index in [4.69, 9.17) is 4.74 Å². The summed E-state index contributed by atoms with van der Waals surface area (Å²) in [5, 5.41) is 3.80. The molecule has 1 N–H and O–H groups in total. The first-order valence-electron chi connectivity index (χ1n) is 8.75. The Kier molecular flexibility index (Phi) is 4.54. The lowest BCUT2D eigenvalue weighted by molar-refractivity contribution is -0.00267. The van der Waals surface area contributed by atoms with Crippen LogP contribution in [0.4, 0.5) is 0 Å². The first kappa shape index (κ1) is 14.9. The molecule has 0 amide bonds. The molecule has 0 bridgehead atoms. The Morgan fingerprint density at radius 1 is 1.24 bits per heavy atom. The zero-order valence-corrected chi connectivity index (χ0v) is 13.6. The molecule has 1 unspecified atom stereocenters. The fourth-order valence-electron chi connectivity index (χ4n) is 3.93. The van der Waals surface area contributed by atoms with E-state index >= 15 is 0 Å². The monoisotopic (exact) mass is 287 g/mol. The van der Waals surface area contributed by atoms with E-state index in [0.29, 0.717) is 6.04 Å². The first-order chi connectivity index (χ1) is 10.2. The molecule has 1 atom stereocenters. The second kappa shape index (κ2) is 6.39. The molecule has 1 saturated carbocycles. The summed E-state index contributed by atoms with van der Waals surface area (Å²) in [6, 6.07) is 7.16. The highest BCUT2D eigenvalue weighted by Gasteiger charge is 2.41. The Bertz CT molecular complexity index is 476. The predicted octanol–water partition coefficient (Wildman–Crippen LogP) is 4.91. The van der Waals surface area contributed by atoms with Crippen LogP contribution in [0.25, 0.3) is 0 Å². The maximum atomic E-state index is 6.51. The molecule has 116 valence electrons. The van der Waals surface area contributed by atoms with Crippen molar-refractivity contribution in [3.63, 3.8) is 0 Å². The van der Waals surface area contributed by atoms with Crippen LogP contribution in [0.2, 0.25) is 0 Å². The van der Waals surface area contributed by atoms with E-state index in [0.717, 1.165) is 18.7 Å². The second-order valence-electron chi connectivity index (χ2n) is 6.95. The molecule has 1 aliphatic carbocycles. The minimum absolute atomic E-state index is 0.102. The largest absolute Gasteiger partial charge is 0.487 e. The van der Waals surface area contributed by atoms with Crippen LogP contribution in [-0.4, -0.2) is 12.1 Å². The highest BCUT2D eigenvalue weighted by Crippen LogP contribution is 2.46. The Balaban J connectivity index is 1.84. The van der Waals surface area contributed by atoms with Crippen molar-refractivity contribution in [2.45, 2.75) is 76.9 Å². The van der Waals surface area contributed by atoms with Gasteiger partial charge in [0.2, 0.25) is 0 Å². The van der Waals surface area contributed by atoms with Gasteiger partial charge in [-0.2, -0.15) is 0 Å². The zero-order chi connectivity index (χ0) is 14.7. The zero-order valence-electron chi connectivity index (χ0n) is 13.6. The van der Waals surface area contributed by atoms with Crippen molar-refractivity contribution < 1.29 is 4.74 Å². The molecule has 1 aliphatic heterocycles. The summed E-state index contributed by atoms with van der Waals surface area (Å²) in [7, 11) is 0. The number of fused-ring (bicyclic) bond motifs is 1. The number of hydrogen-bond donors (Lipinski definition) is 1. The van der Waals surface area contributed by atoms with Gasteiger partial charge in [0.25, 0.3) is 0 Å². The lowest BCUT2D eigenvalue weighted by Crippen LogP contribution is -2.45. The summed E-state index contributed by atoms with van der Waals surface area (Å²) < 4.78 is 6.51. The highest BCUT2D eigenvalue weighted by molar-refractivity contribution is 5.41. The van der Waals surface area contributed by atoms with E-state index in [1.54, 1.807) is 0 Å². The van der Waals surface area contributed by atoms with Crippen molar-refractivity contribution in [3.05, 3.63) is 29.3 Å². The van der Waals surface area contributed by atoms with Crippen molar-refractivity contribution in [2.24, 2.45) is 0 Å². The Morgan fingerprint density at radius 2 is 2.05 bits per heavy atom. The van der Waals surface area contributed by atoms with Gasteiger partial charge < -0.3 is 10.1 Å². The molecule has 1 heterocycles. The van der Waals surface area contributed by atoms with Crippen molar-refractivity contribution in [2.75, 3.05) is 6.54 Å².